The Bertz CT molecular complexity index is 739. The maximum absolute atomic E-state index is 12.4. The lowest BCUT2D eigenvalue weighted by molar-refractivity contribution is -0.148. The van der Waals surface area contributed by atoms with Crippen LogP contribution < -0.4 is 0 Å². The van der Waals surface area contributed by atoms with Gasteiger partial charge in [0.25, 0.3) is 0 Å². The highest BCUT2D eigenvalue weighted by Gasteiger charge is 2.33. The van der Waals surface area contributed by atoms with E-state index in [0.717, 1.165) is 23.4 Å². The second kappa shape index (κ2) is 7.13. The average molecular weight is 344 g/mol. The summed E-state index contributed by atoms with van der Waals surface area (Å²) in [5.74, 6) is -1.08. The molecule has 5 nitrogen and oxygen atoms in total. The van der Waals surface area contributed by atoms with Gasteiger partial charge in [-0.25, -0.2) is 9.78 Å². The Hall–Kier alpha value is -2.21. The zero-order chi connectivity index (χ0) is 17.1. The lowest BCUT2D eigenvalue weighted by Crippen LogP contribution is -2.41. The Labute approximate surface area is 145 Å². The summed E-state index contributed by atoms with van der Waals surface area (Å²) in [5.41, 5.74) is 3.02. The van der Waals surface area contributed by atoms with Crippen LogP contribution in [0.3, 0.4) is 0 Å². The molecule has 1 saturated heterocycles. The van der Waals surface area contributed by atoms with E-state index >= 15 is 0 Å². The number of rotatable bonds is 5. The highest BCUT2D eigenvalue weighted by atomic mass is 32.1. The van der Waals surface area contributed by atoms with Crippen molar-refractivity contribution < 1.29 is 14.7 Å². The molecule has 1 aliphatic heterocycles. The quantitative estimate of drug-likeness (QED) is 0.905. The molecule has 0 bridgehead atoms. The van der Waals surface area contributed by atoms with Crippen molar-refractivity contribution in [1.82, 2.24) is 9.88 Å². The fourth-order valence-electron chi connectivity index (χ4n) is 2.98. The number of carboxylic acid groups (broad SMARTS) is 1. The van der Waals surface area contributed by atoms with Gasteiger partial charge in [0.1, 0.15) is 11.0 Å². The first kappa shape index (κ1) is 16.6. The lowest BCUT2D eigenvalue weighted by atomic mass is 10.1. The number of amides is 1. The van der Waals surface area contributed by atoms with Crippen LogP contribution in [0, 0.1) is 0 Å². The zero-order valence-electron chi connectivity index (χ0n) is 13.6. The monoisotopic (exact) mass is 344 g/mol. The first-order chi connectivity index (χ1) is 11.6. The summed E-state index contributed by atoms with van der Waals surface area (Å²) in [7, 11) is 0. The number of thiazole rings is 1. The van der Waals surface area contributed by atoms with Gasteiger partial charge in [0.15, 0.2) is 0 Å². The smallest absolute Gasteiger partial charge is 0.326 e. The van der Waals surface area contributed by atoms with Crippen LogP contribution in [-0.2, 0) is 22.4 Å². The Morgan fingerprint density at radius 2 is 2.08 bits per heavy atom. The van der Waals surface area contributed by atoms with Gasteiger partial charge in [0, 0.05) is 17.5 Å². The molecule has 1 N–H and O–H groups in total. The molecule has 1 amide bonds. The van der Waals surface area contributed by atoms with Crippen molar-refractivity contribution >= 4 is 23.2 Å². The number of aliphatic carboxylic acids is 1. The summed E-state index contributed by atoms with van der Waals surface area (Å²) in [4.78, 5) is 29.6. The van der Waals surface area contributed by atoms with Crippen molar-refractivity contribution in [3.8, 4) is 10.6 Å². The first-order valence-electron chi connectivity index (χ1n) is 8.14. The second-order valence-corrected chi connectivity index (χ2v) is 6.81. The molecule has 1 aromatic heterocycles. The van der Waals surface area contributed by atoms with Crippen LogP contribution in [0.25, 0.3) is 10.6 Å². The van der Waals surface area contributed by atoms with Crippen LogP contribution in [0.5, 0.6) is 0 Å². The lowest BCUT2D eigenvalue weighted by Gasteiger charge is -2.20. The normalized spacial score (nSPS) is 17.2. The summed E-state index contributed by atoms with van der Waals surface area (Å²) in [6.07, 6.45) is 2.44. The highest BCUT2D eigenvalue weighted by molar-refractivity contribution is 7.13. The predicted molar refractivity (Wildman–Crippen MR) is 93.0 cm³/mol. The van der Waals surface area contributed by atoms with Crippen molar-refractivity contribution in [2.24, 2.45) is 0 Å². The number of carbonyl (C=O) groups is 2. The molecule has 6 heteroatoms. The van der Waals surface area contributed by atoms with Gasteiger partial charge < -0.3 is 10.0 Å². The number of aryl methyl sites for hydroxylation is 1. The van der Waals surface area contributed by atoms with Gasteiger partial charge in [0.05, 0.1) is 12.1 Å². The molecule has 126 valence electrons. The number of nitrogens with zero attached hydrogens (tertiary/aromatic N) is 2. The van der Waals surface area contributed by atoms with Crippen LogP contribution >= 0.6 is 11.3 Å². The van der Waals surface area contributed by atoms with Crippen LogP contribution in [0.4, 0.5) is 0 Å². The number of hydrogen-bond donors (Lipinski definition) is 1. The van der Waals surface area contributed by atoms with Gasteiger partial charge in [-0.15, -0.1) is 11.3 Å². The molecule has 0 unspecified atom stereocenters. The molecule has 2 heterocycles. The molecule has 0 radical (unpaired) electrons. The fourth-order valence-corrected chi connectivity index (χ4v) is 3.81. The van der Waals surface area contributed by atoms with Crippen molar-refractivity contribution in [2.75, 3.05) is 6.54 Å². The molecule has 3 rings (SSSR count). The van der Waals surface area contributed by atoms with Crippen molar-refractivity contribution in [2.45, 2.75) is 38.6 Å². The summed E-state index contributed by atoms with van der Waals surface area (Å²) in [5, 5.41) is 12.0. The molecule has 24 heavy (non-hydrogen) atoms. The minimum atomic E-state index is -0.921. The molecular weight excluding hydrogens is 324 g/mol. The van der Waals surface area contributed by atoms with Crippen LogP contribution in [0.15, 0.2) is 29.6 Å². The molecule has 0 aliphatic carbocycles. The molecule has 0 spiro atoms. The second-order valence-electron chi connectivity index (χ2n) is 5.95. The van der Waals surface area contributed by atoms with E-state index in [-0.39, 0.29) is 12.3 Å². The third-order valence-electron chi connectivity index (χ3n) is 4.35. The van der Waals surface area contributed by atoms with Crippen molar-refractivity contribution in [3.63, 3.8) is 0 Å². The number of aromatic nitrogens is 1. The minimum Gasteiger partial charge on any atom is -0.480 e. The number of benzene rings is 1. The Kier molecular flexibility index (Phi) is 4.94. The van der Waals surface area contributed by atoms with Gasteiger partial charge in [-0.1, -0.05) is 31.2 Å². The molecule has 0 saturated carbocycles. The molecule has 1 aromatic carbocycles. The maximum atomic E-state index is 12.4. The van der Waals surface area contributed by atoms with E-state index in [1.807, 2.05) is 17.5 Å². The maximum Gasteiger partial charge on any atom is 0.326 e. The number of hydrogen-bond acceptors (Lipinski definition) is 4. The van der Waals surface area contributed by atoms with E-state index < -0.39 is 12.0 Å². The van der Waals surface area contributed by atoms with E-state index in [4.69, 9.17) is 0 Å². The van der Waals surface area contributed by atoms with Gasteiger partial charge in [-0.3, -0.25) is 4.79 Å². The fraction of sp³-hybridized carbons (Fsp3) is 0.389. The van der Waals surface area contributed by atoms with Crippen LogP contribution in [0.2, 0.25) is 0 Å². The highest BCUT2D eigenvalue weighted by Crippen LogP contribution is 2.25. The molecule has 1 fully saturated rings. The molecular formula is C18H20N2O3S. The van der Waals surface area contributed by atoms with Crippen LogP contribution in [-0.4, -0.2) is 39.5 Å². The van der Waals surface area contributed by atoms with Gasteiger partial charge in [-0.2, -0.15) is 0 Å². The third kappa shape index (κ3) is 3.48. The Morgan fingerprint density at radius 3 is 2.75 bits per heavy atom. The first-order valence-corrected chi connectivity index (χ1v) is 9.02. The van der Waals surface area contributed by atoms with Crippen molar-refractivity contribution in [1.29, 1.82) is 0 Å². The number of likely N-dealkylation sites (tertiary alicyclic amines) is 1. The third-order valence-corrected chi connectivity index (χ3v) is 5.29. The summed E-state index contributed by atoms with van der Waals surface area (Å²) >= 11 is 1.51. The summed E-state index contributed by atoms with van der Waals surface area (Å²) in [6, 6.07) is 7.58. The standard InChI is InChI=1S/C18H20N2O3S/c1-2-12-5-7-13(8-6-12)17-19-14(11-24-17)10-16(21)20-9-3-4-15(20)18(22)23/h5-8,11,15H,2-4,9-10H2,1H3,(H,22,23)/t15-/m1/s1. The Morgan fingerprint density at radius 1 is 1.33 bits per heavy atom. The minimum absolute atomic E-state index is 0.155. The number of carboxylic acids is 1. The molecule has 2 aromatic rings. The molecule has 1 aliphatic rings. The van der Waals surface area contributed by atoms with Crippen LogP contribution in [0.1, 0.15) is 31.0 Å². The Balaban J connectivity index is 1.69. The van der Waals surface area contributed by atoms with E-state index in [1.165, 1.54) is 21.8 Å². The number of carbonyl (C=O) groups excluding carboxylic acids is 1. The van der Waals surface area contributed by atoms with Gasteiger partial charge in [-0.05, 0) is 24.8 Å². The molecule has 1 atom stereocenters. The largest absolute Gasteiger partial charge is 0.480 e. The van der Waals surface area contributed by atoms with Gasteiger partial charge in [0.2, 0.25) is 5.91 Å². The average Bonchev–Trinajstić information content (AvgIpc) is 3.24. The van der Waals surface area contributed by atoms with Crippen molar-refractivity contribution in [3.05, 3.63) is 40.9 Å². The predicted octanol–water partition coefficient (Wildman–Crippen LogP) is 2.99. The summed E-state index contributed by atoms with van der Waals surface area (Å²) < 4.78 is 0. The van der Waals surface area contributed by atoms with E-state index in [0.29, 0.717) is 18.7 Å². The SMILES string of the molecule is CCc1ccc(-c2nc(CC(=O)N3CCC[C@@H]3C(=O)O)cs2)cc1. The van der Waals surface area contributed by atoms with E-state index in [1.54, 1.807) is 0 Å². The van der Waals surface area contributed by atoms with E-state index in [2.05, 4.69) is 24.0 Å². The van der Waals surface area contributed by atoms with E-state index in [9.17, 15) is 14.7 Å². The zero-order valence-corrected chi connectivity index (χ0v) is 14.4. The van der Waals surface area contributed by atoms with Gasteiger partial charge >= 0.3 is 5.97 Å². The summed E-state index contributed by atoms with van der Waals surface area (Å²) in [6.45, 7) is 2.64. The topological polar surface area (TPSA) is 70.5 Å².